The van der Waals surface area contributed by atoms with E-state index in [1.54, 1.807) is 24.3 Å². The standard InChI is InChI=1S/C18H13F3N4O2/c19-18(20,21)12-3-1-11(2-4-12)15-9-16(15)17(26)27-14-7-5-13(6-8-14)25-10-22-23-24-25/h1-8,10,15-16H,9H2/t15-,16+/m1/s1. The second-order valence-electron chi connectivity index (χ2n) is 6.24. The van der Waals surface area contributed by atoms with Gasteiger partial charge < -0.3 is 4.74 Å². The fraction of sp³-hybridized carbons (Fsp3) is 0.222. The second kappa shape index (κ2) is 6.49. The fourth-order valence-electron chi connectivity index (χ4n) is 2.88. The van der Waals surface area contributed by atoms with E-state index in [0.29, 0.717) is 23.4 Å². The number of alkyl halides is 3. The third-order valence-electron chi connectivity index (χ3n) is 4.43. The van der Waals surface area contributed by atoms with Crippen LogP contribution in [0.5, 0.6) is 5.75 Å². The van der Waals surface area contributed by atoms with E-state index in [0.717, 1.165) is 12.1 Å². The number of rotatable bonds is 4. The number of nitrogens with zero attached hydrogens (tertiary/aromatic N) is 4. The van der Waals surface area contributed by atoms with Gasteiger partial charge in [0.15, 0.2) is 0 Å². The molecule has 0 unspecified atom stereocenters. The van der Waals surface area contributed by atoms with Crippen LogP contribution >= 0.6 is 0 Å². The lowest BCUT2D eigenvalue weighted by Gasteiger charge is -2.08. The minimum absolute atomic E-state index is 0.111. The zero-order valence-corrected chi connectivity index (χ0v) is 13.8. The summed E-state index contributed by atoms with van der Waals surface area (Å²) >= 11 is 0. The third-order valence-corrected chi connectivity index (χ3v) is 4.43. The first kappa shape index (κ1) is 17.2. The van der Waals surface area contributed by atoms with E-state index in [2.05, 4.69) is 15.5 Å². The van der Waals surface area contributed by atoms with Crippen molar-refractivity contribution in [2.75, 3.05) is 0 Å². The van der Waals surface area contributed by atoms with E-state index in [4.69, 9.17) is 4.74 Å². The molecule has 0 N–H and O–H groups in total. The topological polar surface area (TPSA) is 69.9 Å². The molecule has 1 heterocycles. The number of carbonyl (C=O) groups excluding carboxylic acids is 1. The maximum Gasteiger partial charge on any atom is 0.416 e. The highest BCUT2D eigenvalue weighted by Gasteiger charge is 2.45. The molecular formula is C18H13F3N4O2. The molecule has 138 valence electrons. The van der Waals surface area contributed by atoms with Gasteiger partial charge in [-0.3, -0.25) is 4.79 Å². The summed E-state index contributed by atoms with van der Waals surface area (Å²) in [5.74, 6) is -0.467. The molecule has 1 fully saturated rings. The summed E-state index contributed by atoms with van der Waals surface area (Å²) in [7, 11) is 0. The molecule has 4 rings (SSSR count). The number of esters is 1. The van der Waals surface area contributed by atoms with E-state index >= 15 is 0 Å². The molecule has 0 spiro atoms. The molecule has 1 saturated carbocycles. The van der Waals surface area contributed by atoms with Crippen LogP contribution in [0.2, 0.25) is 0 Å². The summed E-state index contributed by atoms with van der Waals surface area (Å²) in [5, 5.41) is 10.8. The molecule has 1 aliphatic rings. The molecule has 1 aliphatic carbocycles. The normalized spacial score (nSPS) is 18.9. The smallest absolute Gasteiger partial charge is 0.416 e. The molecule has 0 saturated heterocycles. The molecule has 0 bridgehead atoms. The van der Waals surface area contributed by atoms with Gasteiger partial charge in [0.1, 0.15) is 12.1 Å². The van der Waals surface area contributed by atoms with Crippen molar-refractivity contribution in [3.63, 3.8) is 0 Å². The highest BCUT2D eigenvalue weighted by molar-refractivity contribution is 5.79. The second-order valence-corrected chi connectivity index (χ2v) is 6.24. The van der Waals surface area contributed by atoms with Gasteiger partial charge in [-0.2, -0.15) is 13.2 Å². The van der Waals surface area contributed by atoms with Crippen LogP contribution in [0.15, 0.2) is 54.9 Å². The van der Waals surface area contributed by atoms with Crippen LogP contribution in [-0.2, 0) is 11.0 Å². The number of aromatic nitrogens is 4. The van der Waals surface area contributed by atoms with Crippen molar-refractivity contribution >= 4 is 5.97 Å². The Kier molecular flexibility index (Phi) is 4.14. The quantitative estimate of drug-likeness (QED) is 0.517. The minimum Gasteiger partial charge on any atom is -0.426 e. The molecule has 0 aliphatic heterocycles. The van der Waals surface area contributed by atoms with Crippen molar-refractivity contribution < 1.29 is 22.7 Å². The summed E-state index contributed by atoms with van der Waals surface area (Å²) in [5.41, 5.74) is 0.724. The van der Waals surface area contributed by atoms with Gasteiger partial charge in [0.25, 0.3) is 0 Å². The lowest BCUT2D eigenvalue weighted by atomic mass is 10.1. The van der Waals surface area contributed by atoms with Gasteiger partial charge >= 0.3 is 12.1 Å². The van der Waals surface area contributed by atoms with Crippen LogP contribution in [0.25, 0.3) is 5.69 Å². The monoisotopic (exact) mass is 374 g/mol. The van der Waals surface area contributed by atoms with Gasteiger partial charge in [-0.15, -0.1) is 5.10 Å². The largest absolute Gasteiger partial charge is 0.426 e. The highest BCUT2D eigenvalue weighted by Crippen LogP contribution is 2.48. The lowest BCUT2D eigenvalue weighted by molar-refractivity contribution is -0.138. The first-order valence-electron chi connectivity index (χ1n) is 8.14. The predicted molar refractivity (Wildman–Crippen MR) is 87.1 cm³/mol. The average molecular weight is 374 g/mol. The average Bonchev–Trinajstić information content (AvgIpc) is 3.27. The Balaban J connectivity index is 1.37. The molecule has 2 atom stereocenters. The molecule has 6 nitrogen and oxygen atoms in total. The number of hydrogen-bond donors (Lipinski definition) is 0. The van der Waals surface area contributed by atoms with E-state index in [1.807, 2.05) is 0 Å². The van der Waals surface area contributed by atoms with Crippen molar-refractivity contribution in [3.05, 3.63) is 66.0 Å². The SMILES string of the molecule is O=C(Oc1ccc(-n2cnnn2)cc1)[C@H]1C[C@@H]1c1ccc(C(F)(F)F)cc1. The van der Waals surface area contributed by atoms with E-state index in [9.17, 15) is 18.0 Å². The van der Waals surface area contributed by atoms with Crippen LogP contribution < -0.4 is 4.74 Å². The third kappa shape index (κ3) is 3.67. The zero-order valence-electron chi connectivity index (χ0n) is 13.8. The van der Waals surface area contributed by atoms with Crippen LogP contribution in [-0.4, -0.2) is 26.2 Å². The molecule has 3 aromatic rings. The Hall–Kier alpha value is -3.23. The number of hydrogen-bond acceptors (Lipinski definition) is 5. The molecule has 9 heteroatoms. The van der Waals surface area contributed by atoms with Crippen LogP contribution in [0.1, 0.15) is 23.5 Å². The van der Waals surface area contributed by atoms with Gasteiger partial charge in [0, 0.05) is 0 Å². The molecule has 1 aromatic heterocycles. The first-order chi connectivity index (χ1) is 12.9. The van der Waals surface area contributed by atoms with Crippen molar-refractivity contribution in [2.24, 2.45) is 5.92 Å². The van der Waals surface area contributed by atoms with E-state index in [-0.39, 0.29) is 11.8 Å². The number of halogens is 3. The Morgan fingerprint density at radius 3 is 2.37 bits per heavy atom. The summed E-state index contributed by atoms with van der Waals surface area (Å²) in [6.07, 6.45) is -2.36. The van der Waals surface area contributed by atoms with Gasteiger partial charge in [-0.1, -0.05) is 12.1 Å². The van der Waals surface area contributed by atoms with Crippen molar-refractivity contribution in [1.82, 2.24) is 20.2 Å². The van der Waals surface area contributed by atoms with Crippen LogP contribution in [0, 0.1) is 5.92 Å². The van der Waals surface area contributed by atoms with Crippen molar-refractivity contribution in [2.45, 2.75) is 18.5 Å². The zero-order chi connectivity index (χ0) is 19.0. The first-order valence-corrected chi connectivity index (χ1v) is 8.14. The number of ether oxygens (including phenoxy) is 1. The van der Waals surface area contributed by atoms with Crippen molar-refractivity contribution in [3.8, 4) is 11.4 Å². The van der Waals surface area contributed by atoms with Gasteiger partial charge in [0.2, 0.25) is 0 Å². The number of tetrazole rings is 1. The lowest BCUT2D eigenvalue weighted by Crippen LogP contribution is -2.11. The predicted octanol–water partition coefficient (Wildman–Crippen LogP) is 3.39. The summed E-state index contributed by atoms with van der Waals surface area (Å²) in [6.45, 7) is 0. The maximum atomic E-state index is 12.6. The summed E-state index contributed by atoms with van der Waals surface area (Å²) in [6, 6.07) is 11.6. The van der Waals surface area contributed by atoms with Crippen LogP contribution in [0.4, 0.5) is 13.2 Å². The number of carbonyl (C=O) groups is 1. The Bertz CT molecular complexity index is 938. The Labute approximate surface area is 151 Å². The Morgan fingerprint density at radius 1 is 1.07 bits per heavy atom. The fourth-order valence-corrected chi connectivity index (χ4v) is 2.88. The van der Waals surface area contributed by atoms with E-state index in [1.165, 1.54) is 23.1 Å². The molecule has 2 aromatic carbocycles. The number of benzene rings is 2. The summed E-state index contributed by atoms with van der Waals surface area (Å²) < 4.78 is 44.7. The highest BCUT2D eigenvalue weighted by atomic mass is 19.4. The summed E-state index contributed by atoms with van der Waals surface area (Å²) in [4.78, 5) is 12.3. The van der Waals surface area contributed by atoms with Gasteiger partial charge in [0.05, 0.1) is 17.2 Å². The molecule has 0 amide bonds. The maximum absolute atomic E-state index is 12.6. The Morgan fingerprint density at radius 2 is 1.78 bits per heavy atom. The van der Waals surface area contributed by atoms with Crippen molar-refractivity contribution in [1.29, 1.82) is 0 Å². The molecule has 0 radical (unpaired) electrons. The van der Waals surface area contributed by atoms with E-state index < -0.39 is 17.7 Å². The molecular weight excluding hydrogens is 361 g/mol. The van der Waals surface area contributed by atoms with Gasteiger partial charge in [-0.05, 0) is 64.7 Å². The minimum atomic E-state index is -4.37. The molecule has 27 heavy (non-hydrogen) atoms. The van der Waals surface area contributed by atoms with Gasteiger partial charge in [-0.25, -0.2) is 4.68 Å². The van der Waals surface area contributed by atoms with Crippen LogP contribution in [0.3, 0.4) is 0 Å².